The van der Waals surface area contributed by atoms with Gasteiger partial charge in [0.05, 0.1) is 4.92 Å². The smallest absolute Gasteiger partial charge is 0.303 e. The minimum atomic E-state index is -0.927. The van der Waals surface area contributed by atoms with E-state index in [-0.39, 0.29) is 18.0 Å². The van der Waals surface area contributed by atoms with Crippen LogP contribution in [0.3, 0.4) is 0 Å². The minimum Gasteiger partial charge on any atom is -0.481 e. The van der Waals surface area contributed by atoms with Crippen molar-refractivity contribution in [1.82, 2.24) is 5.32 Å². The van der Waals surface area contributed by atoms with Gasteiger partial charge < -0.3 is 10.4 Å². The summed E-state index contributed by atoms with van der Waals surface area (Å²) in [6.45, 7) is 5.02. The van der Waals surface area contributed by atoms with Crippen LogP contribution in [0.1, 0.15) is 42.6 Å². The Bertz CT molecular complexity index is 581. The van der Waals surface area contributed by atoms with Gasteiger partial charge in [-0.3, -0.25) is 19.7 Å². The molecule has 114 valence electrons. The summed E-state index contributed by atoms with van der Waals surface area (Å²) < 4.78 is 0. The molecule has 7 heteroatoms. The molecule has 2 N–H and O–H groups in total. The maximum absolute atomic E-state index is 12.1. The Morgan fingerprint density at radius 3 is 2.48 bits per heavy atom. The standard InChI is InChI=1S/C14H18N2O5/c1-9-8-10(4-5-11(9)16(20)21)13(19)15-14(2,3)7-6-12(17)18/h4-5,8H,6-7H2,1-3H3,(H,15,19)(H,17,18). The molecule has 0 aliphatic heterocycles. The average molecular weight is 294 g/mol. The van der Waals surface area contributed by atoms with Crippen LogP contribution in [0.2, 0.25) is 0 Å². The topological polar surface area (TPSA) is 110 Å². The molecule has 1 aromatic carbocycles. The van der Waals surface area contributed by atoms with Crippen LogP contribution in [0.15, 0.2) is 18.2 Å². The normalized spacial score (nSPS) is 11.0. The lowest BCUT2D eigenvalue weighted by atomic mass is 9.97. The third kappa shape index (κ3) is 4.87. The van der Waals surface area contributed by atoms with Crippen LogP contribution in [0.4, 0.5) is 5.69 Å². The SMILES string of the molecule is Cc1cc(C(=O)NC(C)(C)CCC(=O)O)ccc1[N+](=O)[O-]. The van der Waals surface area contributed by atoms with Crippen LogP contribution in [0, 0.1) is 17.0 Å². The van der Waals surface area contributed by atoms with Gasteiger partial charge in [-0.25, -0.2) is 0 Å². The molecule has 21 heavy (non-hydrogen) atoms. The average Bonchev–Trinajstić information content (AvgIpc) is 2.35. The van der Waals surface area contributed by atoms with E-state index in [9.17, 15) is 19.7 Å². The summed E-state index contributed by atoms with van der Waals surface area (Å²) in [7, 11) is 0. The van der Waals surface area contributed by atoms with Gasteiger partial charge in [0.1, 0.15) is 0 Å². The highest BCUT2D eigenvalue weighted by atomic mass is 16.6. The fraction of sp³-hybridized carbons (Fsp3) is 0.429. The molecule has 0 aromatic heterocycles. The van der Waals surface area contributed by atoms with E-state index in [2.05, 4.69) is 5.32 Å². The predicted octanol–water partition coefficient (Wildman–Crippen LogP) is 2.28. The number of carboxylic acids is 1. The molecule has 0 bridgehead atoms. The molecular formula is C14H18N2O5. The Labute approximate surface area is 122 Å². The van der Waals surface area contributed by atoms with Gasteiger partial charge in [-0.15, -0.1) is 0 Å². The summed E-state index contributed by atoms with van der Waals surface area (Å²) in [6.07, 6.45) is 0.243. The van der Waals surface area contributed by atoms with Gasteiger partial charge in [0.15, 0.2) is 0 Å². The van der Waals surface area contributed by atoms with Gasteiger partial charge in [-0.1, -0.05) is 0 Å². The van der Waals surface area contributed by atoms with E-state index >= 15 is 0 Å². The summed E-state index contributed by atoms with van der Waals surface area (Å²) >= 11 is 0. The molecule has 0 radical (unpaired) electrons. The van der Waals surface area contributed by atoms with Crippen LogP contribution in [-0.4, -0.2) is 27.4 Å². The first kappa shape index (κ1) is 16.6. The summed E-state index contributed by atoms with van der Waals surface area (Å²) in [4.78, 5) is 32.9. The first-order valence-electron chi connectivity index (χ1n) is 6.42. The van der Waals surface area contributed by atoms with E-state index < -0.39 is 16.4 Å². The lowest BCUT2D eigenvalue weighted by molar-refractivity contribution is -0.385. The number of carbonyl (C=O) groups is 2. The first-order valence-corrected chi connectivity index (χ1v) is 6.42. The number of amides is 1. The number of carboxylic acid groups (broad SMARTS) is 1. The van der Waals surface area contributed by atoms with Crippen LogP contribution in [0.25, 0.3) is 0 Å². The van der Waals surface area contributed by atoms with E-state index in [4.69, 9.17) is 5.11 Å². The van der Waals surface area contributed by atoms with Crippen LogP contribution < -0.4 is 5.32 Å². The third-order valence-corrected chi connectivity index (χ3v) is 3.07. The number of hydrogen-bond donors (Lipinski definition) is 2. The number of hydrogen-bond acceptors (Lipinski definition) is 4. The molecule has 0 fully saturated rings. The largest absolute Gasteiger partial charge is 0.481 e. The number of nitrogens with one attached hydrogen (secondary N) is 1. The van der Waals surface area contributed by atoms with Crippen molar-refractivity contribution in [3.8, 4) is 0 Å². The maximum atomic E-state index is 12.1. The molecule has 0 spiro atoms. The molecule has 1 rings (SSSR count). The zero-order valence-electron chi connectivity index (χ0n) is 12.2. The summed E-state index contributed by atoms with van der Waals surface area (Å²) in [5.41, 5.74) is -0.0142. The summed E-state index contributed by atoms with van der Waals surface area (Å²) in [5, 5.41) is 22.1. The van der Waals surface area contributed by atoms with Crippen molar-refractivity contribution in [2.75, 3.05) is 0 Å². The van der Waals surface area contributed by atoms with Crippen molar-refractivity contribution in [3.05, 3.63) is 39.4 Å². The molecule has 7 nitrogen and oxygen atoms in total. The molecule has 1 aromatic rings. The number of nitrogens with zero attached hydrogens (tertiary/aromatic N) is 1. The molecule has 0 aliphatic rings. The lowest BCUT2D eigenvalue weighted by Gasteiger charge is -2.25. The van der Waals surface area contributed by atoms with Gasteiger partial charge in [0.2, 0.25) is 0 Å². The molecular weight excluding hydrogens is 276 g/mol. The predicted molar refractivity (Wildman–Crippen MR) is 76.2 cm³/mol. The molecule has 0 heterocycles. The molecule has 0 atom stereocenters. The van der Waals surface area contributed by atoms with E-state index in [1.165, 1.54) is 18.2 Å². The van der Waals surface area contributed by atoms with Crippen LogP contribution in [0.5, 0.6) is 0 Å². The van der Waals surface area contributed by atoms with Crippen LogP contribution >= 0.6 is 0 Å². The Kier molecular flexibility index (Phi) is 5.02. The highest BCUT2D eigenvalue weighted by molar-refractivity contribution is 5.95. The second-order valence-electron chi connectivity index (χ2n) is 5.49. The van der Waals surface area contributed by atoms with Crippen molar-refractivity contribution < 1.29 is 19.6 Å². The van der Waals surface area contributed by atoms with Gasteiger partial charge in [-0.2, -0.15) is 0 Å². The number of aliphatic carboxylic acids is 1. The highest BCUT2D eigenvalue weighted by Crippen LogP contribution is 2.20. The zero-order chi connectivity index (χ0) is 16.2. The zero-order valence-corrected chi connectivity index (χ0v) is 12.2. The van der Waals surface area contributed by atoms with E-state index in [0.29, 0.717) is 17.5 Å². The van der Waals surface area contributed by atoms with Crippen molar-refractivity contribution in [2.45, 2.75) is 39.2 Å². The number of nitro benzene ring substituents is 1. The second-order valence-corrected chi connectivity index (χ2v) is 5.49. The van der Waals surface area contributed by atoms with Crippen molar-refractivity contribution in [1.29, 1.82) is 0 Å². The fourth-order valence-corrected chi connectivity index (χ4v) is 1.86. The Morgan fingerprint density at radius 1 is 1.38 bits per heavy atom. The van der Waals surface area contributed by atoms with E-state index in [0.717, 1.165) is 0 Å². The van der Waals surface area contributed by atoms with Crippen LogP contribution in [-0.2, 0) is 4.79 Å². The number of nitro groups is 1. The first-order chi connectivity index (χ1) is 9.62. The minimum absolute atomic E-state index is 0.0447. The quantitative estimate of drug-likeness (QED) is 0.617. The number of benzene rings is 1. The van der Waals surface area contributed by atoms with Gasteiger partial charge >= 0.3 is 5.97 Å². The van der Waals surface area contributed by atoms with E-state index in [1.54, 1.807) is 20.8 Å². The van der Waals surface area contributed by atoms with E-state index in [1.807, 2.05) is 0 Å². The molecule has 0 saturated heterocycles. The second kappa shape index (κ2) is 6.34. The van der Waals surface area contributed by atoms with Crippen molar-refractivity contribution >= 4 is 17.6 Å². The monoisotopic (exact) mass is 294 g/mol. The molecule has 0 saturated carbocycles. The highest BCUT2D eigenvalue weighted by Gasteiger charge is 2.23. The maximum Gasteiger partial charge on any atom is 0.303 e. The Morgan fingerprint density at radius 2 is 2.00 bits per heavy atom. The molecule has 1 amide bonds. The van der Waals surface area contributed by atoms with Crippen molar-refractivity contribution in [3.63, 3.8) is 0 Å². The molecule has 0 aliphatic carbocycles. The van der Waals surface area contributed by atoms with Crippen molar-refractivity contribution in [2.24, 2.45) is 0 Å². The fourth-order valence-electron chi connectivity index (χ4n) is 1.86. The number of aryl methyl sites for hydroxylation is 1. The lowest BCUT2D eigenvalue weighted by Crippen LogP contribution is -2.43. The number of rotatable bonds is 6. The summed E-state index contributed by atoms with van der Waals surface area (Å²) in [6, 6.07) is 4.11. The molecule has 0 unspecified atom stereocenters. The Hall–Kier alpha value is -2.44. The van der Waals surface area contributed by atoms with Gasteiger partial charge in [0, 0.05) is 29.2 Å². The Balaban J connectivity index is 2.82. The number of carbonyl (C=O) groups excluding carboxylic acids is 1. The summed E-state index contributed by atoms with van der Waals surface area (Å²) in [5.74, 6) is -1.31. The van der Waals surface area contributed by atoms with Gasteiger partial charge in [-0.05, 0) is 39.3 Å². The third-order valence-electron chi connectivity index (χ3n) is 3.07. The van der Waals surface area contributed by atoms with Gasteiger partial charge in [0.25, 0.3) is 11.6 Å².